The molecule has 2 heterocycles. The van der Waals surface area contributed by atoms with Crippen LogP contribution in [-0.2, 0) is 6.61 Å². The number of nitrogens with zero attached hydrogens (tertiary/aromatic N) is 2. The first kappa shape index (κ1) is 21.0. The van der Waals surface area contributed by atoms with Crippen LogP contribution in [0.5, 0.6) is 11.5 Å². The molecule has 0 saturated heterocycles. The molecule has 0 radical (unpaired) electrons. The van der Waals surface area contributed by atoms with Crippen LogP contribution in [0.15, 0.2) is 113 Å². The standard InChI is InChI=1S/C29H23BrN2O2/c30-23-14-10-21(11-15-23)26-18-27-25-8-4-5-9-28(25)34-29(32(27)31-26)22-12-16-24(17-13-22)33-19-20-6-2-1-3-7-20/h1-17,27,29H,18-19H2/t27-,29-/m0/s1. The van der Waals surface area contributed by atoms with Crippen LogP contribution in [0.1, 0.15) is 40.9 Å². The van der Waals surface area contributed by atoms with Gasteiger partial charge in [-0.1, -0.05) is 76.6 Å². The van der Waals surface area contributed by atoms with E-state index in [0.717, 1.165) is 44.8 Å². The molecule has 168 valence electrons. The summed E-state index contributed by atoms with van der Waals surface area (Å²) < 4.78 is 13.5. The van der Waals surface area contributed by atoms with E-state index in [0.29, 0.717) is 6.61 Å². The molecule has 2 atom stereocenters. The maximum absolute atomic E-state index is 6.47. The van der Waals surface area contributed by atoms with Gasteiger partial charge >= 0.3 is 0 Å². The van der Waals surface area contributed by atoms with Gasteiger partial charge in [0.25, 0.3) is 0 Å². The Labute approximate surface area is 207 Å². The van der Waals surface area contributed by atoms with E-state index in [1.807, 2.05) is 36.4 Å². The highest BCUT2D eigenvalue weighted by atomic mass is 79.9. The molecule has 0 spiro atoms. The van der Waals surface area contributed by atoms with Gasteiger partial charge in [0.2, 0.25) is 6.23 Å². The molecule has 4 aromatic rings. The van der Waals surface area contributed by atoms with Crippen molar-refractivity contribution in [3.63, 3.8) is 0 Å². The molecule has 0 unspecified atom stereocenters. The number of halogens is 1. The van der Waals surface area contributed by atoms with E-state index in [-0.39, 0.29) is 12.3 Å². The van der Waals surface area contributed by atoms with Gasteiger partial charge in [-0.2, -0.15) is 5.10 Å². The summed E-state index contributed by atoms with van der Waals surface area (Å²) in [6.45, 7) is 0.544. The molecule has 0 bridgehead atoms. The third-order valence-electron chi connectivity index (χ3n) is 6.29. The van der Waals surface area contributed by atoms with Crippen molar-refractivity contribution in [3.05, 3.63) is 130 Å². The molecule has 0 fully saturated rings. The van der Waals surface area contributed by atoms with E-state index in [1.54, 1.807) is 0 Å². The van der Waals surface area contributed by atoms with Crippen molar-refractivity contribution in [2.75, 3.05) is 0 Å². The smallest absolute Gasteiger partial charge is 0.213 e. The minimum absolute atomic E-state index is 0.141. The summed E-state index contributed by atoms with van der Waals surface area (Å²) in [4.78, 5) is 0. The van der Waals surface area contributed by atoms with Crippen molar-refractivity contribution in [1.82, 2.24) is 5.01 Å². The van der Waals surface area contributed by atoms with Crippen molar-refractivity contribution < 1.29 is 9.47 Å². The van der Waals surface area contributed by atoms with E-state index in [2.05, 4.69) is 87.7 Å². The predicted molar refractivity (Wildman–Crippen MR) is 137 cm³/mol. The average Bonchev–Trinajstić information content (AvgIpc) is 3.34. The first-order valence-electron chi connectivity index (χ1n) is 11.4. The first-order chi connectivity index (χ1) is 16.7. The Morgan fingerprint density at radius 2 is 1.59 bits per heavy atom. The quantitative estimate of drug-likeness (QED) is 0.283. The number of rotatable bonds is 5. The van der Waals surface area contributed by atoms with E-state index in [4.69, 9.17) is 14.6 Å². The van der Waals surface area contributed by atoms with Crippen LogP contribution in [0.3, 0.4) is 0 Å². The first-order valence-corrected chi connectivity index (χ1v) is 12.2. The third kappa shape index (κ3) is 4.08. The van der Waals surface area contributed by atoms with Gasteiger partial charge in [-0.15, -0.1) is 0 Å². The largest absolute Gasteiger partial charge is 0.489 e. The summed E-state index contributed by atoms with van der Waals surface area (Å²) >= 11 is 3.53. The second-order valence-corrected chi connectivity index (χ2v) is 9.42. The van der Waals surface area contributed by atoms with Gasteiger partial charge in [0, 0.05) is 22.0 Å². The summed E-state index contributed by atoms with van der Waals surface area (Å²) in [5.41, 5.74) is 5.59. The van der Waals surface area contributed by atoms with E-state index in [1.165, 1.54) is 5.56 Å². The lowest BCUT2D eigenvalue weighted by Gasteiger charge is -2.38. The maximum atomic E-state index is 6.47. The lowest BCUT2D eigenvalue weighted by molar-refractivity contribution is -0.0190. The van der Waals surface area contributed by atoms with E-state index >= 15 is 0 Å². The monoisotopic (exact) mass is 510 g/mol. The van der Waals surface area contributed by atoms with Gasteiger partial charge < -0.3 is 9.47 Å². The molecule has 4 aromatic carbocycles. The SMILES string of the molecule is Brc1ccc(C2=NN3[C@@H](C2)c2ccccc2O[C@H]3c2ccc(OCc3ccccc3)cc2)cc1. The zero-order valence-corrected chi connectivity index (χ0v) is 20.1. The summed E-state index contributed by atoms with van der Waals surface area (Å²) in [6, 6.07) is 35.1. The van der Waals surface area contributed by atoms with Crippen LogP contribution < -0.4 is 9.47 Å². The van der Waals surface area contributed by atoms with Gasteiger partial charge in [0.1, 0.15) is 18.1 Å². The lowest BCUT2D eigenvalue weighted by Crippen LogP contribution is -2.33. The van der Waals surface area contributed by atoms with Gasteiger partial charge in [-0.25, -0.2) is 5.01 Å². The molecule has 0 aromatic heterocycles. The Kier molecular flexibility index (Phi) is 5.55. The minimum atomic E-state index is -0.295. The van der Waals surface area contributed by atoms with Crippen molar-refractivity contribution >= 4 is 21.6 Å². The highest BCUT2D eigenvalue weighted by molar-refractivity contribution is 9.10. The Balaban J connectivity index is 1.28. The fourth-order valence-electron chi connectivity index (χ4n) is 4.54. The van der Waals surface area contributed by atoms with Gasteiger partial charge in [-0.05, 0) is 53.6 Å². The summed E-state index contributed by atoms with van der Waals surface area (Å²) in [6.07, 6.45) is 0.549. The molecule has 6 rings (SSSR count). The summed E-state index contributed by atoms with van der Waals surface area (Å²) in [5.74, 6) is 1.76. The molecule has 2 aliphatic rings. The van der Waals surface area contributed by atoms with Crippen molar-refractivity contribution in [1.29, 1.82) is 0 Å². The van der Waals surface area contributed by atoms with Crippen molar-refractivity contribution in [2.24, 2.45) is 5.10 Å². The Morgan fingerprint density at radius 3 is 2.38 bits per heavy atom. The number of ether oxygens (including phenoxy) is 2. The minimum Gasteiger partial charge on any atom is -0.489 e. The molecule has 0 saturated carbocycles. The van der Waals surface area contributed by atoms with Crippen molar-refractivity contribution in [2.45, 2.75) is 25.3 Å². The highest BCUT2D eigenvalue weighted by Gasteiger charge is 2.40. The predicted octanol–water partition coefficient (Wildman–Crippen LogP) is 7.27. The molecule has 2 aliphatic heterocycles. The zero-order valence-electron chi connectivity index (χ0n) is 18.5. The lowest BCUT2D eigenvalue weighted by atomic mass is 9.96. The second kappa shape index (κ2) is 8.99. The molecular formula is C29H23BrN2O2. The fraction of sp³-hybridized carbons (Fsp3) is 0.138. The van der Waals surface area contributed by atoms with Crippen LogP contribution in [0.25, 0.3) is 0 Å². The van der Waals surface area contributed by atoms with Crippen LogP contribution in [0.4, 0.5) is 0 Å². The van der Waals surface area contributed by atoms with Gasteiger partial charge in [-0.3, -0.25) is 0 Å². The molecule has 4 nitrogen and oxygen atoms in total. The van der Waals surface area contributed by atoms with Crippen LogP contribution in [-0.4, -0.2) is 10.7 Å². The summed E-state index contributed by atoms with van der Waals surface area (Å²) in [5, 5.41) is 7.15. The van der Waals surface area contributed by atoms with E-state index in [9.17, 15) is 0 Å². The number of benzene rings is 4. The Hall–Kier alpha value is -3.57. The zero-order chi connectivity index (χ0) is 22.9. The number of fused-ring (bicyclic) bond motifs is 3. The van der Waals surface area contributed by atoms with E-state index < -0.39 is 0 Å². The third-order valence-corrected chi connectivity index (χ3v) is 6.82. The number of para-hydroxylation sites is 1. The van der Waals surface area contributed by atoms with Crippen molar-refractivity contribution in [3.8, 4) is 11.5 Å². The molecule has 5 heteroatoms. The fourth-order valence-corrected chi connectivity index (χ4v) is 4.80. The number of hydrogen-bond donors (Lipinski definition) is 0. The van der Waals surface area contributed by atoms with Crippen LogP contribution >= 0.6 is 15.9 Å². The topological polar surface area (TPSA) is 34.1 Å². The van der Waals surface area contributed by atoms with Crippen LogP contribution in [0.2, 0.25) is 0 Å². The van der Waals surface area contributed by atoms with Gasteiger partial charge in [0.15, 0.2) is 0 Å². The molecule has 34 heavy (non-hydrogen) atoms. The maximum Gasteiger partial charge on any atom is 0.213 e. The summed E-state index contributed by atoms with van der Waals surface area (Å²) in [7, 11) is 0. The molecular weight excluding hydrogens is 488 g/mol. The molecule has 0 N–H and O–H groups in total. The van der Waals surface area contributed by atoms with Gasteiger partial charge in [0.05, 0.1) is 11.8 Å². The average molecular weight is 511 g/mol. The Morgan fingerprint density at radius 1 is 0.853 bits per heavy atom. The normalized spacial score (nSPS) is 18.5. The number of hydrazone groups is 1. The molecule has 0 aliphatic carbocycles. The Bertz CT molecular complexity index is 1320. The highest BCUT2D eigenvalue weighted by Crippen LogP contribution is 2.47. The van der Waals surface area contributed by atoms with Crippen LogP contribution in [0, 0.1) is 0 Å². The molecule has 0 amide bonds. The number of hydrogen-bond acceptors (Lipinski definition) is 4. The second-order valence-electron chi connectivity index (χ2n) is 8.50.